The third-order valence-corrected chi connectivity index (χ3v) is 5.17. The van der Waals surface area contributed by atoms with E-state index in [4.69, 9.17) is 0 Å². The van der Waals surface area contributed by atoms with E-state index in [9.17, 15) is 8.42 Å². The van der Waals surface area contributed by atoms with Crippen molar-refractivity contribution in [3.8, 4) is 0 Å². The molecular weight excluding hydrogens is 224 g/mol. The maximum atomic E-state index is 12.0. The summed E-state index contributed by atoms with van der Waals surface area (Å²) in [5, 5.41) is 2.87. The minimum atomic E-state index is -3.21. The Balaban J connectivity index is 2.47. The highest BCUT2D eigenvalue weighted by Gasteiger charge is 2.29. The SMILES string of the molecule is CCC(C)(C)NS(=O)(=O)C(C)CNC1CC1. The molecule has 16 heavy (non-hydrogen) atoms. The molecule has 0 spiro atoms. The molecule has 1 aliphatic carbocycles. The van der Waals surface area contributed by atoms with Gasteiger partial charge in [0.1, 0.15) is 0 Å². The van der Waals surface area contributed by atoms with Crippen molar-refractivity contribution in [1.29, 1.82) is 0 Å². The molecule has 0 aromatic heterocycles. The van der Waals surface area contributed by atoms with Gasteiger partial charge in [-0.15, -0.1) is 0 Å². The summed E-state index contributed by atoms with van der Waals surface area (Å²) in [6, 6.07) is 0.553. The van der Waals surface area contributed by atoms with Crippen molar-refractivity contribution >= 4 is 10.0 Å². The second-order valence-corrected chi connectivity index (χ2v) is 7.48. The van der Waals surface area contributed by atoms with Crippen LogP contribution in [0, 0.1) is 0 Å². The summed E-state index contributed by atoms with van der Waals surface area (Å²) in [7, 11) is -3.21. The first-order chi connectivity index (χ1) is 7.27. The van der Waals surface area contributed by atoms with Gasteiger partial charge in [-0.2, -0.15) is 0 Å². The molecule has 1 atom stereocenters. The molecule has 96 valence electrons. The Morgan fingerprint density at radius 3 is 2.38 bits per heavy atom. The van der Waals surface area contributed by atoms with Crippen molar-refractivity contribution in [3.05, 3.63) is 0 Å². The molecule has 0 aliphatic heterocycles. The first-order valence-electron chi connectivity index (χ1n) is 6.03. The Morgan fingerprint density at radius 1 is 1.38 bits per heavy atom. The predicted molar refractivity (Wildman–Crippen MR) is 66.9 cm³/mol. The summed E-state index contributed by atoms with van der Waals surface area (Å²) in [6.45, 7) is 8.09. The van der Waals surface area contributed by atoms with E-state index in [1.54, 1.807) is 6.92 Å². The number of hydrogen-bond acceptors (Lipinski definition) is 3. The monoisotopic (exact) mass is 248 g/mol. The fourth-order valence-electron chi connectivity index (χ4n) is 1.29. The number of nitrogens with one attached hydrogen (secondary N) is 2. The largest absolute Gasteiger partial charge is 0.313 e. The molecule has 4 nitrogen and oxygen atoms in total. The summed E-state index contributed by atoms with van der Waals surface area (Å²) >= 11 is 0. The predicted octanol–water partition coefficient (Wildman–Crippen LogP) is 1.23. The molecule has 1 unspecified atom stereocenters. The van der Waals surface area contributed by atoms with Gasteiger partial charge in [0, 0.05) is 18.1 Å². The lowest BCUT2D eigenvalue weighted by molar-refractivity contribution is 0.434. The molecule has 0 radical (unpaired) electrons. The van der Waals surface area contributed by atoms with Gasteiger partial charge >= 0.3 is 0 Å². The number of hydrogen-bond donors (Lipinski definition) is 2. The van der Waals surface area contributed by atoms with E-state index in [1.165, 1.54) is 12.8 Å². The molecule has 0 saturated heterocycles. The van der Waals surface area contributed by atoms with E-state index >= 15 is 0 Å². The van der Waals surface area contributed by atoms with E-state index in [0.29, 0.717) is 12.6 Å². The molecule has 0 heterocycles. The third kappa shape index (κ3) is 4.39. The van der Waals surface area contributed by atoms with Crippen LogP contribution < -0.4 is 10.0 Å². The van der Waals surface area contributed by atoms with Crippen LogP contribution in [0.15, 0.2) is 0 Å². The molecule has 1 rings (SSSR count). The van der Waals surface area contributed by atoms with E-state index in [2.05, 4.69) is 10.0 Å². The zero-order chi connectivity index (χ0) is 12.4. The highest BCUT2D eigenvalue weighted by molar-refractivity contribution is 7.90. The van der Waals surface area contributed by atoms with Crippen LogP contribution in [0.5, 0.6) is 0 Å². The maximum absolute atomic E-state index is 12.0. The minimum absolute atomic E-state index is 0.354. The highest BCUT2D eigenvalue weighted by Crippen LogP contribution is 2.19. The van der Waals surface area contributed by atoms with E-state index in [-0.39, 0.29) is 10.8 Å². The molecular formula is C11H24N2O2S. The topological polar surface area (TPSA) is 58.2 Å². The van der Waals surface area contributed by atoms with Gasteiger partial charge in [-0.25, -0.2) is 13.1 Å². The first-order valence-corrected chi connectivity index (χ1v) is 7.57. The normalized spacial score (nSPS) is 19.8. The number of sulfonamides is 1. The van der Waals surface area contributed by atoms with Crippen molar-refractivity contribution in [3.63, 3.8) is 0 Å². The smallest absolute Gasteiger partial charge is 0.215 e. The van der Waals surface area contributed by atoms with Crippen LogP contribution in [0.4, 0.5) is 0 Å². The molecule has 0 aromatic carbocycles. The van der Waals surface area contributed by atoms with Gasteiger partial charge in [-0.05, 0) is 40.0 Å². The van der Waals surface area contributed by atoms with Crippen LogP contribution >= 0.6 is 0 Å². The van der Waals surface area contributed by atoms with E-state index in [1.807, 2.05) is 20.8 Å². The highest BCUT2D eigenvalue weighted by atomic mass is 32.2. The maximum Gasteiger partial charge on any atom is 0.215 e. The van der Waals surface area contributed by atoms with Crippen LogP contribution in [0.2, 0.25) is 0 Å². The standard InChI is InChI=1S/C11H24N2O2S/c1-5-11(3,4)13-16(14,15)9(2)8-12-10-6-7-10/h9-10,12-13H,5-8H2,1-4H3. The Bertz CT molecular complexity index is 321. The molecule has 0 amide bonds. The molecule has 0 bridgehead atoms. The van der Waals surface area contributed by atoms with Crippen molar-refractivity contribution in [1.82, 2.24) is 10.0 Å². The summed E-state index contributed by atoms with van der Waals surface area (Å²) in [4.78, 5) is 0. The average molecular weight is 248 g/mol. The second-order valence-electron chi connectivity index (χ2n) is 5.38. The molecule has 1 aliphatic rings. The van der Waals surface area contributed by atoms with Gasteiger partial charge in [-0.1, -0.05) is 6.92 Å². The van der Waals surface area contributed by atoms with Crippen molar-refractivity contribution in [2.75, 3.05) is 6.54 Å². The molecule has 0 aromatic rings. The van der Waals surface area contributed by atoms with Crippen LogP contribution in [0.3, 0.4) is 0 Å². The zero-order valence-electron chi connectivity index (χ0n) is 10.7. The van der Waals surface area contributed by atoms with Gasteiger partial charge in [0.05, 0.1) is 5.25 Å². The summed E-state index contributed by atoms with van der Waals surface area (Å²) in [5.41, 5.74) is -0.354. The van der Waals surface area contributed by atoms with Crippen LogP contribution in [0.25, 0.3) is 0 Å². The summed E-state index contributed by atoms with van der Waals surface area (Å²) < 4.78 is 26.7. The average Bonchev–Trinajstić information content (AvgIpc) is 2.96. The van der Waals surface area contributed by atoms with Gasteiger partial charge < -0.3 is 5.32 Å². The molecule has 2 N–H and O–H groups in total. The van der Waals surface area contributed by atoms with Crippen molar-refractivity contribution in [2.45, 2.75) is 63.8 Å². The van der Waals surface area contributed by atoms with Crippen LogP contribution in [0.1, 0.15) is 47.0 Å². The van der Waals surface area contributed by atoms with Crippen molar-refractivity contribution < 1.29 is 8.42 Å². The summed E-state index contributed by atoms with van der Waals surface area (Å²) in [5.74, 6) is 0. The van der Waals surface area contributed by atoms with Gasteiger partial charge in [0.2, 0.25) is 10.0 Å². The van der Waals surface area contributed by atoms with Crippen LogP contribution in [-0.4, -0.2) is 31.8 Å². The first kappa shape index (κ1) is 13.9. The third-order valence-electron chi connectivity index (χ3n) is 3.10. The molecule has 1 fully saturated rings. The Hall–Kier alpha value is -0.130. The molecule has 1 saturated carbocycles. The Morgan fingerprint density at radius 2 is 1.94 bits per heavy atom. The lowest BCUT2D eigenvalue weighted by Crippen LogP contribution is -2.48. The fourth-order valence-corrected chi connectivity index (χ4v) is 2.72. The van der Waals surface area contributed by atoms with Gasteiger partial charge in [0.15, 0.2) is 0 Å². The summed E-state index contributed by atoms with van der Waals surface area (Å²) in [6.07, 6.45) is 3.15. The van der Waals surface area contributed by atoms with Gasteiger partial charge in [0.25, 0.3) is 0 Å². The minimum Gasteiger partial charge on any atom is -0.313 e. The second kappa shape index (κ2) is 5.02. The Kier molecular flexibility index (Phi) is 4.37. The van der Waals surface area contributed by atoms with E-state index < -0.39 is 10.0 Å². The zero-order valence-corrected chi connectivity index (χ0v) is 11.5. The lowest BCUT2D eigenvalue weighted by atomic mass is 10.0. The quantitative estimate of drug-likeness (QED) is 0.712. The Labute approximate surface area is 99.2 Å². The fraction of sp³-hybridized carbons (Fsp3) is 1.00. The van der Waals surface area contributed by atoms with Gasteiger partial charge in [-0.3, -0.25) is 0 Å². The van der Waals surface area contributed by atoms with E-state index in [0.717, 1.165) is 6.42 Å². The van der Waals surface area contributed by atoms with Crippen molar-refractivity contribution in [2.24, 2.45) is 0 Å². The molecule has 5 heteroatoms. The number of rotatable bonds is 7. The lowest BCUT2D eigenvalue weighted by Gasteiger charge is -2.26. The van der Waals surface area contributed by atoms with Crippen LogP contribution in [-0.2, 0) is 10.0 Å².